The lowest BCUT2D eigenvalue weighted by molar-refractivity contribution is 0.102. The molecule has 1 fully saturated rings. The number of benzene rings is 1. The fraction of sp³-hybridized carbons (Fsp3) is 0.412. The van der Waals surface area contributed by atoms with Crippen LogP contribution in [-0.2, 0) is 0 Å². The van der Waals surface area contributed by atoms with E-state index in [1.807, 2.05) is 10.9 Å². The van der Waals surface area contributed by atoms with Gasteiger partial charge in [0.15, 0.2) is 5.69 Å². The molecule has 2 aromatic rings. The Morgan fingerprint density at radius 1 is 1.28 bits per heavy atom. The van der Waals surface area contributed by atoms with Crippen LogP contribution in [0.5, 0.6) is 11.5 Å². The molecule has 1 aromatic heterocycles. The first kappa shape index (κ1) is 19.1. The summed E-state index contributed by atoms with van der Waals surface area (Å²) in [5, 5.41) is 10.6. The predicted molar refractivity (Wildman–Crippen MR) is 98.1 cm³/mol. The van der Waals surface area contributed by atoms with Crippen molar-refractivity contribution in [2.24, 2.45) is 0 Å². The Morgan fingerprint density at radius 3 is 2.60 bits per heavy atom. The van der Waals surface area contributed by atoms with Gasteiger partial charge in [0, 0.05) is 36.6 Å². The number of methoxy groups -OCH3 is 2. The topological polar surface area (TPSA) is 77.4 Å². The molecule has 0 saturated carbocycles. The standard InChI is InChI=1S/C17H22N4O3.ClH/c1-23-14-8-12(9-15(10-14)24-2)19-17(22)16-5-7-21(20-16)13-4-3-6-18-11-13;/h5,7-10,13,18H,3-4,6,11H2,1-2H3,(H,19,22);1H. The van der Waals surface area contributed by atoms with Gasteiger partial charge in [-0.05, 0) is 25.5 Å². The van der Waals surface area contributed by atoms with Gasteiger partial charge in [0.25, 0.3) is 5.91 Å². The van der Waals surface area contributed by atoms with Gasteiger partial charge in [-0.2, -0.15) is 5.10 Å². The molecule has 1 aromatic carbocycles. The highest BCUT2D eigenvalue weighted by Gasteiger charge is 2.18. The highest BCUT2D eigenvalue weighted by Crippen LogP contribution is 2.26. The second-order valence-electron chi connectivity index (χ2n) is 5.74. The first-order chi connectivity index (χ1) is 11.7. The van der Waals surface area contributed by atoms with Crippen molar-refractivity contribution < 1.29 is 14.3 Å². The van der Waals surface area contributed by atoms with E-state index in [-0.39, 0.29) is 18.3 Å². The molecule has 2 N–H and O–H groups in total. The number of amides is 1. The van der Waals surface area contributed by atoms with Crippen molar-refractivity contribution in [3.05, 3.63) is 36.2 Å². The van der Waals surface area contributed by atoms with Crippen LogP contribution in [0, 0.1) is 0 Å². The fourth-order valence-electron chi connectivity index (χ4n) is 2.80. The van der Waals surface area contributed by atoms with Crippen LogP contribution in [0.15, 0.2) is 30.5 Å². The van der Waals surface area contributed by atoms with Crippen LogP contribution in [0.1, 0.15) is 29.4 Å². The molecule has 1 aliphatic heterocycles. The monoisotopic (exact) mass is 366 g/mol. The van der Waals surface area contributed by atoms with Crippen LogP contribution in [0.25, 0.3) is 0 Å². The average molecular weight is 367 g/mol. The van der Waals surface area contributed by atoms with Crippen molar-refractivity contribution in [3.8, 4) is 11.5 Å². The Kier molecular flexibility index (Phi) is 6.66. The van der Waals surface area contributed by atoms with Crippen molar-refractivity contribution in [1.82, 2.24) is 15.1 Å². The minimum absolute atomic E-state index is 0. The average Bonchev–Trinajstić information content (AvgIpc) is 3.12. The number of rotatable bonds is 5. The lowest BCUT2D eigenvalue weighted by atomic mass is 10.1. The van der Waals surface area contributed by atoms with Gasteiger partial charge < -0.3 is 20.1 Å². The molecule has 8 heteroatoms. The summed E-state index contributed by atoms with van der Waals surface area (Å²) >= 11 is 0. The number of hydrogen-bond donors (Lipinski definition) is 2. The molecule has 0 spiro atoms. The summed E-state index contributed by atoms with van der Waals surface area (Å²) in [4.78, 5) is 12.4. The minimum Gasteiger partial charge on any atom is -0.497 e. The van der Waals surface area contributed by atoms with E-state index < -0.39 is 0 Å². The summed E-state index contributed by atoms with van der Waals surface area (Å²) in [6, 6.07) is 7.27. The number of hydrogen-bond acceptors (Lipinski definition) is 5. The largest absolute Gasteiger partial charge is 0.497 e. The number of halogens is 1. The van der Waals surface area contributed by atoms with E-state index in [0.717, 1.165) is 25.9 Å². The summed E-state index contributed by atoms with van der Waals surface area (Å²) in [5.41, 5.74) is 0.993. The van der Waals surface area contributed by atoms with Gasteiger partial charge in [0.1, 0.15) is 11.5 Å². The second kappa shape index (κ2) is 8.73. The highest BCUT2D eigenvalue weighted by molar-refractivity contribution is 6.03. The molecule has 136 valence electrons. The van der Waals surface area contributed by atoms with Crippen LogP contribution in [0.2, 0.25) is 0 Å². The van der Waals surface area contributed by atoms with Crippen molar-refractivity contribution >= 4 is 24.0 Å². The summed E-state index contributed by atoms with van der Waals surface area (Å²) in [5.74, 6) is 0.972. The van der Waals surface area contributed by atoms with Crippen molar-refractivity contribution in [3.63, 3.8) is 0 Å². The Bertz CT molecular complexity index is 691. The Balaban J connectivity index is 0.00000225. The molecule has 0 radical (unpaired) electrons. The first-order valence-electron chi connectivity index (χ1n) is 8.00. The van der Waals surface area contributed by atoms with Crippen LogP contribution in [0.3, 0.4) is 0 Å². The van der Waals surface area contributed by atoms with Crippen molar-refractivity contribution in [2.75, 3.05) is 32.6 Å². The first-order valence-corrected chi connectivity index (χ1v) is 8.00. The third-order valence-corrected chi connectivity index (χ3v) is 4.10. The van der Waals surface area contributed by atoms with E-state index in [9.17, 15) is 4.79 Å². The minimum atomic E-state index is -0.257. The molecule has 1 saturated heterocycles. The van der Waals surface area contributed by atoms with Crippen molar-refractivity contribution in [2.45, 2.75) is 18.9 Å². The highest BCUT2D eigenvalue weighted by atomic mass is 35.5. The van der Waals surface area contributed by atoms with E-state index in [1.54, 1.807) is 38.5 Å². The zero-order valence-electron chi connectivity index (χ0n) is 14.3. The Labute approximate surface area is 153 Å². The maximum absolute atomic E-state index is 12.4. The molecule has 2 heterocycles. The summed E-state index contributed by atoms with van der Waals surface area (Å²) in [6.45, 7) is 1.93. The van der Waals surface area contributed by atoms with Crippen LogP contribution < -0.4 is 20.1 Å². The number of anilines is 1. The molecule has 25 heavy (non-hydrogen) atoms. The smallest absolute Gasteiger partial charge is 0.276 e. The van der Waals surface area contributed by atoms with Gasteiger partial charge in [-0.1, -0.05) is 0 Å². The summed E-state index contributed by atoms with van der Waals surface area (Å²) < 4.78 is 12.3. The third-order valence-electron chi connectivity index (χ3n) is 4.10. The van der Waals surface area contributed by atoms with Gasteiger partial charge in [-0.25, -0.2) is 0 Å². The van der Waals surface area contributed by atoms with Crippen LogP contribution in [-0.4, -0.2) is 43.0 Å². The molecule has 1 atom stereocenters. The number of carbonyl (C=O) groups is 1. The van der Waals surface area contributed by atoms with Crippen molar-refractivity contribution in [1.29, 1.82) is 0 Å². The maximum Gasteiger partial charge on any atom is 0.276 e. The number of piperidine rings is 1. The van der Waals surface area contributed by atoms with Gasteiger partial charge in [0.2, 0.25) is 0 Å². The van der Waals surface area contributed by atoms with Gasteiger partial charge in [-0.3, -0.25) is 9.48 Å². The fourth-order valence-corrected chi connectivity index (χ4v) is 2.80. The number of aromatic nitrogens is 2. The van der Waals surface area contributed by atoms with Crippen LogP contribution in [0.4, 0.5) is 5.69 Å². The Morgan fingerprint density at radius 2 is 2.00 bits per heavy atom. The lowest BCUT2D eigenvalue weighted by Gasteiger charge is -2.22. The quantitative estimate of drug-likeness (QED) is 0.850. The molecule has 7 nitrogen and oxygen atoms in total. The normalized spacial score (nSPS) is 16.6. The van der Waals surface area contributed by atoms with E-state index >= 15 is 0 Å². The zero-order valence-corrected chi connectivity index (χ0v) is 15.1. The molecular weight excluding hydrogens is 344 g/mol. The van der Waals surface area contributed by atoms with E-state index in [0.29, 0.717) is 28.9 Å². The number of nitrogens with one attached hydrogen (secondary N) is 2. The SMILES string of the molecule is COc1cc(NC(=O)c2ccn(C3CCCNC3)n2)cc(OC)c1.Cl. The molecular formula is C17H23ClN4O3. The Hall–Kier alpha value is -2.25. The van der Waals surface area contributed by atoms with Gasteiger partial charge >= 0.3 is 0 Å². The molecule has 1 amide bonds. The molecule has 0 aliphatic carbocycles. The van der Waals surface area contributed by atoms with Gasteiger partial charge in [-0.15, -0.1) is 12.4 Å². The molecule has 1 unspecified atom stereocenters. The second-order valence-corrected chi connectivity index (χ2v) is 5.74. The summed E-state index contributed by atoms with van der Waals surface area (Å²) in [6.07, 6.45) is 4.05. The third kappa shape index (κ3) is 4.64. The summed E-state index contributed by atoms with van der Waals surface area (Å²) in [7, 11) is 3.14. The van der Waals surface area contributed by atoms with E-state index in [4.69, 9.17) is 9.47 Å². The number of ether oxygens (including phenoxy) is 2. The molecule has 0 bridgehead atoms. The number of nitrogens with zero attached hydrogens (tertiary/aromatic N) is 2. The molecule has 3 rings (SSSR count). The molecule has 1 aliphatic rings. The van der Waals surface area contributed by atoms with E-state index in [1.165, 1.54) is 0 Å². The zero-order chi connectivity index (χ0) is 16.9. The van der Waals surface area contributed by atoms with Crippen LogP contribution >= 0.6 is 12.4 Å². The number of carbonyl (C=O) groups excluding carboxylic acids is 1. The van der Waals surface area contributed by atoms with Gasteiger partial charge in [0.05, 0.1) is 20.3 Å². The van der Waals surface area contributed by atoms with E-state index in [2.05, 4.69) is 15.7 Å². The lowest BCUT2D eigenvalue weighted by Crippen LogP contribution is -2.32. The maximum atomic E-state index is 12.4. The predicted octanol–water partition coefficient (Wildman–Crippen LogP) is 2.50.